The molecule has 0 spiro atoms. The van der Waals surface area contributed by atoms with E-state index in [2.05, 4.69) is 20.4 Å². The third-order valence-corrected chi connectivity index (χ3v) is 2.89. The van der Waals surface area contributed by atoms with Crippen molar-refractivity contribution in [2.45, 2.75) is 0 Å². The number of benzene rings is 1. The molecule has 0 aliphatic rings. The summed E-state index contributed by atoms with van der Waals surface area (Å²) in [5.41, 5.74) is 1.40. The van der Waals surface area contributed by atoms with Crippen molar-refractivity contribution in [2.24, 2.45) is 7.05 Å². The van der Waals surface area contributed by atoms with Crippen LogP contribution in [0.4, 0.5) is 11.5 Å². The van der Waals surface area contributed by atoms with Crippen molar-refractivity contribution in [1.29, 1.82) is 0 Å². The molecule has 0 radical (unpaired) electrons. The average molecular weight is 268 g/mol. The molecule has 0 aliphatic carbocycles. The van der Waals surface area contributed by atoms with E-state index in [1.165, 1.54) is 18.5 Å². The number of carboxylic acid groups (broad SMARTS) is 1. The molecule has 7 heteroatoms. The van der Waals surface area contributed by atoms with Gasteiger partial charge in [0, 0.05) is 12.7 Å². The molecule has 100 valence electrons. The summed E-state index contributed by atoms with van der Waals surface area (Å²) in [4.78, 5) is 19.1. The normalized spacial score (nSPS) is 10.7. The molecule has 0 fully saturated rings. The fourth-order valence-electron chi connectivity index (χ4n) is 1.92. The maximum absolute atomic E-state index is 10.8. The van der Waals surface area contributed by atoms with Gasteiger partial charge < -0.3 is 15.2 Å². The first-order valence-electron chi connectivity index (χ1n) is 5.86. The number of carbonyl (C=O) groups excluding carboxylic acids is 1. The Kier molecular flexibility index (Phi) is 2.79. The molecule has 0 unspecified atom stereocenters. The van der Waals surface area contributed by atoms with Crippen molar-refractivity contribution in [3.8, 4) is 0 Å². The van der Waals surface area contributed by atoms with Crippen molar-refractivity contribution in [1.82, 2.24) is 19.7 Å². The molecule has 1 N–H and O–H groups in total. The smallest absolute Gasteiger partial charge is 0.163 e. The quantitative estimate of drug-likeness (QED) is 0.741. The lowest BCUT2D eigenvalue weighted by atomic mass is 10.2. The topological polar surface area (TPSA) is 95.8 Å². The highest BCUT2D eigenvalue weighted by molar-refractivity contribution is 5.90. The Morgan fingerprint density at radius 2 is 2.20 bits per heavy atom. The first-order chi connectivity index (χ1) is 9.65. The van der Waals surface area contributed by atoms with Crippen LogP contribution >= 0.6 is 0 Å². The Bertz CT molecular complexity index is 796. The van der Waals surface area contributed by atoms with Crippen LogP contribution < -0.4 is 10.4 Å². The highest BCUT2D eigenvalue weighted by Crippen LogP contribution is 2.22. The summed E-state index contributed by atoms with van der Waals surface area (Å²) < 4.78 is 1.64. The Hall–Kier alpha value is -2.96. The van der Waals surface area contributed by atoms with Gasteiger partial charge in [0.2, 0.25) is 0 Å². The molecule has 0 saturated carbocycles. The third kappa shape index (κ3) is 2.05. The number of hydrogen-bond acceptors (Lipinski definition) is 6. The summed E-state index contributed by atoms with van der Waals surface area (Å²) in [6, 6.07) is 6.34. The van der Waals surface area contributed by atoms with Crippen LogP contribution in [0.2, 0.25) is 0 Å². The molecule has 0 bridgehead atoms. The van der Waals surface area contributed by atoms with Gasteiger partial charge in [0.15, 0.2) is 5.65 Å². The lowest BCUT2D eigenvalue weighted by Gasteiger charge is -2.08. The molecule has 2 heterocycles. The molecule has 3 rings (SSSR count). The first kappa shape index (κ1) is 12.1. The standard InChI is InChI=1S/C13H11N5O2/c1-18-12-10(6-16-18)11(14-7-15-12)17-9-4-2-3-8(5-9)13(19)20/h2-7H,1H3,(H,19,20)(H,14,15,17)/p-1. The van der Waals surface area contributed by atoms with E-state index in [1.807, 2.05) is 0 Å². The van der Waals surface area contributed by atoms with Crippen LogP contribution in [0.1, 0.15) is 10.4 Å². The van der Waals surface area contributed by atoms with E-state index in [4.69, 9.17) is 0 Å². The van der Waals surface area contributed by atoms with Gasteiger partial charge in [0.25, 0.3) is 0 Å². The van der Waals surface area contributed by atoms with Crippen LogP contribution in [0.15, 0.2) is 36.8 Å². The first-order valence-corrected chi connectivity index (χ1v) is 5.86. The lowest BCUT2D eigenvalue weighted by molar-refractivity contribution is -0.255. The van der Waals surface area contributed by atoms with Crippen LogP contribution in [0.3, 0.4) is 0 Å². The van der Waals surface area contributed by atoms with E-state index in [-0.39, 0.29) is 5.56 Å². The number of carboxylic acids is 1. The summed E-state index contributed by atoms with van der Waals surface area (Å²) in [5, 5.41) is 18.8. The third-order valence-electron chi connectivity index (χ3n) is 2.89. The van der Waals surface area contributed by atoms with Gasteiger partial charge >= 0.3 is 0 Å². The van der Waals surface area contributed by atoms with Gasteiger partial charge in [-0.1, -0.05) is 12.1 Å². The maximum atomic E-state index is 10.8. The predicted molar refractivity (Wildman–Crippen MR) is 70.4 cm³/mol. The van der Waals surface area contributed by atoms with E-state index >= 15 is 0 Å². The van der Waals surface area contributed by atoms with Crippen molar-refractivity contribution < 1.29 is 9.90 Å². The highest BCUT2D eigenvalue weighted by Gasteiger charge is 2.08. The van der Waals surface area contributed by atoms with Crippen LogP contribution in [0.25, 0.3) is 11.0 Å². The molecule has 0 atom stereocenters. The number of anilines is 2. The molecule has 3 aromatic rings. The number of nitrogens with one attached hydrogen (secondary N) is 1. The number of aromatic nitrogens is 4. The highest BCUT2D eigenvalue weighted by atomic mass is 16.4. The number of carbonyl (C=O) groups is 1. The molecule has 2 aromatic heterocycles. The summed E-state index contributed by atoms with van der Waals surface area (Å²) in [7, 11) is 1.79. The second kappa shape index (κ2) is 4.61. The van der Waals surface area contributed by atoms with Crippen molar-refractivity contribution >= 4 is 28.5 Å². The van der Waals surface area contributed by atoms with E-state index in [1.54, 1.807) is 30.1 Å². The summed E-state index contributed by atoms with van der Waals surface area (Å²) in [5.74, 6) is -0.651. The maximum Gasteiger partial charge on any atom is 0.163 e. The number of fused-ring (bicyclic) bond motifs is 1. The van der Waals surface area contributed by atoms with Crippen LogP contribution in [0, 0.1) is 0 Å². The van der Waals surface area contributed by atoms with Gasteiger partial charge in [-0.05, 0) is 17.7 Å². The molecule has 0 saturated heterocycles. The molecule has 20 heavy (non-hydrogen) atoms. The minimum absolute atomic E-state index is 0.103. The fraction of sp³-hybridized carbons (Fsp3) is 0.0769. The number of hydrogen-bond donors (Lipinski definition) is 1. The molecule has 1 aromatic carbocycles. The van der Waals surface area contributed by atoms with Gasteiger partial charge in [-0.2, -0.15) is 5.10 Å². The second-order valence-electron chi connectivity index (χ2n) is 4.22. The van der Waals surface area contributed by atoms with E-state index in [0.29, 0.717) is 17.2 Å². The van der Waals surface area contributed by atoms with Crippen LogP contribution in [0.5, 0.6) is 0 Å². The van der Waals surface area contributed by atoms with Crippen molar-refractivity contribution in [2.75, 3.05) is 5.32 Å². The molecule has 0 amide bonds. The summed E-state index contributed by atoms with van der Waals surface area (Å²) in [6.45, 7) is 0. The zero-order valence-electron chi connectivity index (χ0n) is 10.6. The Morgan fingerprint density at radius 1 is 1.35 bits per heavy atom. The molecular weight excluding hydrogens is 258 g/mol. The van der Waals surface area contributed by atoms with Gasteiger partial charge in [0.1, 0.15) is 12.1 Å². The number of aromatic carboxylic acids is 1. The number of aryl methyl sites for hydroxylation is 1. The molecular formula is C13H10N5O2-. The minimum atomic E-state index is -1.22. The zero-order valence-corrected chi connectivity index (χ0v) is 10.6. The summed E-state index contributed by atoms with van der Waals surface area (Å²) >= 11 is 0. The van der Waals surface area contributed by atoms with E-state index < -0.39 is 5.97 Å². The second-order valence-corrected chi connectivity index (χ2v) is 4.22. The summed E-state index contributed by atoms with van der Waals surface area (Å²) in [6.07, 6.45) is 3.08. The monoisotopic (exact) mass is 268 g/mol. The van der Waals surface area contributed by atoms with E-state index in [9.17, 15) is 9.90 Å². The van der Waals surface area contributed by atoms with Crippen molar-refractivity contribution in [3.63, 3.8) is 0 Å². The Balaban J connectivity index is 2.01. The molecule has 0 aliphatic heterocycles. The van der Waals surface area contributed by atoms with Gasteiger partial charge in [0.05, 0.1) is 17.6 Å². The largest absolute Gasteiger partial charge is 0.545 e. The average Bonchev–Trinajstić information content (AvgIpc) is 2.82. The minimum Gasteiger partial charge on any atom is -0.545 e. The van der Waals surface area contributed by atoms with Gasteiger partial charge in [-0.3, -0.25) is 4.68 Å². The van der Waals surface area contributed by atoms with Crippen molar-refractivity contribution in [3.05, 3.63) is 42.4 Å². The lowest BCUT2D eigenvalue weighted by Crippen LogP contribution is -2.22. The number of rotatable bonds is 3. The van der Waals surface area contributed by atoms with Gasteiger partial charge in [-0.25, -0.2) is 9.97 Å². The fourth-order valence-corrected chi connectivity index (χ4v) is 1.92. The van der Waals surface area contributed by atoms with Gasteiger partial charge in [-0.15, -0.1) is 0 Å². The SMILES string of the molecule is Cn1ncc2c(Nc3cccc(C(=O)[O-])c3)ncnc21. The van der Waals surface area contributed by atoms with Crippen LogP contribution in [-0.2, 0) is 7.05 Å². The van der Waals surface area contributed by atoms with E-state index in [0.717, 1.165) is 5.39 Å². The zero-order chi connectivity index (χ0) is 14.1. The predicted octanol–water partition coefficient (Wildman–Crippen LogP) is 0.470. The Labute approximate surface area is 113 Å². The Morgan fingerprint density at radius 3 is 3.00 bits per heavy atom. The van der Waals surface area contributed by atoms with Crippen LogP contribution in [-0.4, -0.2) is 25.7 Å². The number of nitrogens with zero attached hydrogens (tertiary/aromatic N) is 4. The molecule has 7 nitrogen and oxygen atoms in total.